The van der Waals surface area contributed by atoms with Crippen LogP contribution in [-0.2, 0) is 13.1 Å². The fourth-order valence-electron chi connectivity index (χ4n) is 3.12. The normalized spacial score (nSPS) is 10.9. The molecule has 2 aromatic heterocycles. The van der Waals surface area contributed by atoms with Crippen molar-refractivity contribution < 1.29 is 4.39 Å². The Labute approximate surface area is 200 Å². The van der Waals surface area contributed by atoms with Crippen LogP contribution in [0.4, 0.5) is 16.0 Å². The standard InChI is InChI=1S/C22H19Cl2FN6S/c1-14-11-21(29-31(14)12-15-5-7-16(23)8-6-15)27-22(32)26-20-9-10-30(28-20)13-17-18(24)3-2-4-19(17)25/h2-11H,12-13H2,1H3,(H2,26,27,28,29,32). The SMILES string of the molecule is Cc1cc(NC(=S)Nc2ccn(Cc3c(F)cccc3Cl)n2)nn1Cc1ccc(Cl)cc1. The molecule has 0 unspecified atom stereocenters. The molecule has 0 amide bonds. The van der Waals surface area contributed by atoms with Gasteiger partial charge in [-0.1, -0.05) is 41.4 Å². The molecule has 0 aliphatic rings. The number of aryl methyl sites for hydroxylation is 1. The number of thiocarbonyl (C=S) groups is 1. The third-order valence-electron chi connectivity index (χ3n) is 4.73. The van der Waals surface area contributed by atoms with E-state index in [1.165, 1.54) is 6.07 Å². The van der Waals surface area contributed by atoms with Gasteiger partial charge in [-0.15, -0.1) is 0 Å². The second-order valence-electron chi connectivity index (χ2n) is 7.13. The molecule has 2 heterocycles. The Morgan fingerprint density at radius 1 is 1.00 bits per heavy atom. The predicted molar refractivity (Wildman–Crippen MR) is 130 cm³/mol. The molecule has 0 aliphatic heterocycles. The average molecular weight is 489 g/mol. The van der Waals surface area contributed by atoms with Crippen molar-refractivity contribution >= 4 is 52.2 Å². The van der Waals surface area contributed by atoms with Crippen molar-refractivity contribution in [2.75, 3.05) is 10.6 Å². The Morgan fingerprint density at radius 2 is 1.75 bits per heavy atom. The first-order valence-electron chi connectivity index (χ1n) is 9.70. The molecule has 0 bridgehead atoms. The van der Waals surface area contributed by atoms with E-state index in [2.05, 4.69) is 20.8 Å². The zero-order chi connectivity index (χ0) is 22.7. The lowest BCUT2D eigenvalue weighted by Crippen LogP contribution is -2.20. The van der Waals surface area contributed by atoms with Crippen LogP contribution in [0.1, 0.15) is 16.8 Å². The molecule has 0 radical (unpaired) electrons. The van der Waals surface area contributed by atoms with E-state index in [-0.39, 0.29) is 12.4 Å². The van der Waals surface area contributed by atoms with Crippen LogP contribution in [0.2, 0.25) is 10.0 Å². The number of aromatic nitrogens is 4. The smallest absolute Gasteiger partial charge is 0.177 e. The fourth-order valence-corrected chi connectivity index (χ4v) is 3.68. The van der Waals surface area contributed by atoms with Gasteiger partial charge in [0.05, 0.1) is 13.1 Å². The zero-order valence-electron chi connectivity index (χ0n) is 17.0. The average Bonchev–Trinajstić information content (AvgIpc) is 3.32. The summed E-state index contributed by atoms with van der Waals surface area (Å²) in [6.45, 7) is 2.80. The second-order valence-corrected chi connectivity index (χ2v) is 8.38. The number of halogens is 3. The van der Waals surface area contributed by atoms with Crippen LogP contribution in [0, 0.1) is 12.7 Å². The van der Waals surface area contributed by atoms with E-state index in [1.807, 2.05) is 41.9 Å². The molecule has 2 N–H and O–H groups in total. The number of hydrogen-bond acceptors (Lipinski definition) is 3. The highest BCUT2D eigenvalue weighted by atomic mass is 35.5. The highest BCUT2D eigenvalue weighted by molar-refractivity contribution is 7.80. The molecule has 164 valence electrons. The van der Waals surface area contributed by atoms with Gasteiger partial charge < -0.3 is 10.6 Å². The topological polar surface area (TPSA) is 59.7 Å². The summed E-state index contributed by atoms with van der Waals surface area (Å²) in [5.41, 5.74) is 2.45. The van der Waals surface area contributed by atoms with Gasteiger partial charge in [0.2, 0.25) is 0 Å². The number of anilines is 2. The number of nitrogens with one attached hydrogen (secondary N) is 2. The highest BCUT2D eigenvalue weighted by Gasteiger charge is 2.10. The zero-order valence-corrected chi connectivity index (χ0v) is 19.3. The Hall–Kier alpha value is -2.94. The summed E-state index contributed by atoms with van der Waals surface area (Å²) in [5, 5.41) is 16.4. The minimum atomic E-state index is -0.371. The van der Waals surface area contributed by atoms with E-state index in [1.54, 1.807) is 29.1 Å². The van der Waals surface area contributed by atoms with Crippen LogP contribution in [0.3, 0.4) is 0 Å². The molecule has 0 saturated heterocycles. The van der Waals surface area contributed by atoms with Crippen LogP contribution in [0.25, 0.3) is 0 Å². The van der Waals surface area contributed by atoms with Crippen LogP contribution < -0.4 is 10.6 Å². The fraction of sp³-hybridized carbons (Fsp3) is 0.136. The third kappa shape index (κ3) is 5.45. The number of rotatable bonds is 6. The summed E-state index contributed by atoms with van der Waals surface area (Å²) >= 11 is 17.4. The van der Waals surface area contributed by atoms with Crippen LogP contribution >= 0.6 is 35.4 Å². The summed E-state index contributed by atoms with van der Waals surface area (Å²) in [6.07, 6.45) is 1.72. The molecular weight excluding hydrogens is 470 g/mol. The molecule has 6 nitrogen and oxygen atoms in total. The van der Waals surface area contributed by atoms with E-state index < -0.39 is 0 Å². The van der Waals surface area contributed by atoms with Gasteiger partial charge >= 0.3 is 0 Å². The number of nitrogens with zero attached hydrogens (tertiary/aromatic N) is 4. The molecular formula is C22H19Cl2FN6S. The lowest BCUT2D eigenvalue weighted by Gasteiger charge is -2.07. The van der Waals surface area contributed by atoms with Crippen molar-refractivity contribution in [3.63, 3.8) is 0 Å². The first kappa shape index (κ1) is 22.3. The van der Waals surface area contributed by atoms with Crippen molar-refractivity contribution in [1.82, 2.24) is 19.6 Å². The predicted octanol–water partition coefficient (Wildman–Crippen LogP) is 5.74. The maximum absolute atomic E-state index is 14.0. The lowest BCUT2D eigenvalue weighted by molar-refractivity contribution is 0.586. The molecule has 10 heteroatoms. The summed E-state index contributed by atoms with van der Waals surface area (Å²) in [6, 6.07) is 15.9. The minimum Gasteiger partial charge on any atom is -0.316 e. The molecule has 0 fully saturated rings. The first-order valence-corrected chi connectivity index (χ1v) is 10.9. The van der Waals surface area contributed by atoms with Gasteiger partial charge in [-0.05, 0) is 49.0 Å². The molecule has 0 spiro atoms. The molecule has 4 aromatic rings. The van der Waals surface area contributed by atoms with Crippen LogP contribution in [0.15, 0.2) is 60.8 Å². The van der Waals surface area contributed by atoms with Gasteiger partial charge in [0, 0.05) is 39.6 Å². The van der Waals surface area contributed by atoms with Crippen molar-refractivity contribution in [1.29, 1.82) is 0 Å². The minimum absolute atomic E-state index is 0.210. The summed E-state index contributed by atoms with van der Waals surface area (Å²) < 4.78 is 17.5. The van der Waals surface area contributed by atoms with E-state index in [0.717, 1.165) is 11.3 Å². The third-order valence-corrected chi connectivity index (χ3v) is 5.54. The van der Waals surface area contributed by atoms with Crippen molar-refractivity contribution in [3.8, 4) is 0 Å². The van der Waals surface area contributed by atoms with Crippen LogP contribution in [0.5, 0.6) is 0 Å². The van der Waals surface area contributed by atoms with Gasteiger partial charge in [-0.2, -0.15) is 10.2 Å². The molecule has 0 saturated carbocycles. The summed E-state index contributed by atoms with van der Waals surface area (Å²) in [5.74, 6) is 0.767. The van der Waals surface area contributed by atoms with E-state index in [4.69, 9.17) is 35.4 Å². The summed E-state index contributed by atoms with van der Waals surface area (Å²) in [4.78, 5) is 0. The van der Waals surface area contributed by atoms with Gasteiger partial charge in [0.25, 0.3) is 0 Å². The van der Waals surface area contributed by atoms with Gasteiger partial charge in [0.1, 0.15) is 5.82 Å². The molecule has 32 heavy (non-hydrogen) atoms. The van der Waals surface area contributed by atoms with Crippen LogP contribution in [-0.4, -0.2) is 24.7 Å². The van der Waals surface area contributed by atoms with Gasteiger partial charge in [-0.3, -0.25) is 9.36 Å². The van der Waals surface area contributed by atoms with E-state index in [9.17, 15) is 4.39 Å². The quantitative estimate of drug-likeness (QED) is 0.339. The Balaban J connectivity index is 1.37. The molecule has 0 aliphatic carbocycles. The first-order chi connectivity index (χ1) is 15.4. The monoisotopic (exact) mass is 488 g/mol. The maximum Gasteiger partial charge on any atom is 0.177 e. The van der Waals surface area contributed by atoms with Crippen molar-refractivity contribution in [3.05, 3.63) is 93.5 Å². The highest BCUT2D eigenvalue weighted by Crippen LogP contribution is 2.20. The molecule has 4 rings (SSSR count). The largest absolute Gasteiger partial charge is 0.316 e. The molecule has 0 atom stereocenters. The van der Waals surface area contributed by atoms with E-state index >= 15 is 0 Å². The Kier molecular flexibility index (Phi) is 6.74. The van der Waals surface area contributed by atoms with Crippen molar-refractivity contribution in [2.45, 2.75) is 20.0 Å². The van der Waals surface area contributed by atoms with E-state index in [0.29, 0.717) is 38.9 Å². The van der Waals surface area contributed by atoms with Crippen molar-refractivity contribution in [2.24, 2.45) is 0 Å². The Morgan fingerprint density at radius 3 is 2.50 bits per heavy atom. The number of benzene rings is 2. The van der Waals surface area contributed by atoms with Gasteiger partial charge in [-0.25, -0.2) is 4.39 Å². The second kappa shape index (κ2) is 9.68. The number of hydrogen-bond donors (Lipinski definition) is 2. The lowest BCUT2D eigenvalue weighted by atomic mass is 10.2. The summed E-state index contributed by atoms with van der Waals surface area (Å²) in [7, 11) is 0. The van der Waals surface area contributed by atoms with Gasteiger partial charge in [0.15, 0.2) is 16.7 Å². The Bertz CT molecular complexity index is 1230. The molecule has 2 aromatic carbocycles. The maximum atomic E-state index is 14.0.